The lowest BCUT2D eigenvalue weighted by atomic mass is 9.98. The largest absolute Gasteiger partial charge is 0.383 e. The van der Waals surface area contributed by atoms with Crippen molar-refractivity contribution in [3.05, 3.63) is 22.9 Å². The van der Waals surface area contributed by atoms with Crippen molar-refractivity contribution in [1.29, 1.82) is 0 Å². The molecule has 2 aliphatic heterocycles. The lowest BCUT2D eigenvalue weighted by Crippen LogP contribution is -2.33. The van der Waals surface area contributed by atoms with Gasteiger partial charge in [0.25, 0.3) is 5.91 Å². The summed E-state index contributed by atoms with van der Waals surface area (Å²) >= 11 is 0. The zero-order chi connectivity index (χ0) is 16.4. The van der Waals surface area contributed by atoms with Crippen LogP contribution in [-0.4, -0.2) is 62.0 Å². The molecule has 124 valence electrons. The summed E-state index contributed by atoms with van der Waals surface area (Å²) in [5.41, 5.74) is 8.35. The first-order valence-electron chi connectivity index (χ1n) is 7.64. The molecule has 2 atom stereocenters. The van der Waals surface area contributed by atoms with E-state index in [1.807, 2.05) is 24.3 Å². The maximum atomic E-state index is 12.1. The molecule has 0 saturated heterocycles. The summed E-state index contributed by atoms with van der Waals surface area (Å²) in [7, 11) is 3.53. The fraction of sp³-hybridized carbons (Fsp3) is 0.533. The van der Waals surface area contributed by atoms with Gasteiger partial charge in [-0.05, 0) is 11.6 Å². The molecule has 8 heteroatoms. The van der Waals surface area contributed by atoms with E-state index in [1.165, 1.54) is 0 Å². The van der Waals surface area contributed by atoms with Crippen molar-refractivity contribution < 1.29 is 9.53 Å². The van der Waals surface area contributed by atoms with Gasteiger partial charge >= 0.3 is 0 Å². The number of nitrogens with zero attached hydrogens (tertiary/aromatic N) is 3. The van der Waals surface area contributed by atoms with Gasteiger partial charge in [0, 0.05) is 46.0 Å². The maximum Gasteiger partial charge on any atom is 0.253 e. The van der Waals surface area contributed by atoms with Crippen LogP contribution in [0.5, 0.6) is 0 Å². The molecular weight excluding hydrogens is 296 g/mol. The third kappa shape index (κ3) is 3.27. The topological polar surface area (TPSA) is 105 Å². The molecule has 4 N–H and O–H groups in total. The van der Waals surface area contributed by atoms with Gasteiger partial charge < -0.3 is 21.1 Å². The van der Waals surface area contributed by atoms with Crippen LogP contribution in [0, 0.1) is 0 Å². The number of rotatable bonds is 6. The van der Waals surface area contributed by atoms with E-state index in [0.717, 1.165) is 23.6 Å². The Kier molecular flexibility index (Phi) is 4.44. The molecule has 1 amide bonds. The third-order valence-corrected chi connectivity index (χ3v) is 3.98. The molecule has 3 heterocycles. The summed E-state index contributed by atoms with van der Waals surface area (Å²) in [5, 5.41) is 12.2. The zero-order valence-corrected chi connectivity index (χ0v) is 13.4. The zero-order valence-electron chi connectivity index (χ0n) is 13.4. The highest BCUT2D eigenvalue weighted by molar-refractivity contribution is 6.00. The van der Waals surface area contributed by atoms with Gasteiger partial charge in [-0.15, -0.1) is 0 Å². The van der Waals surface area contributed by atoms with Gasteiger partial charge in [0.15, 0.2) is 0 Å². The first kappa shape index (κ1) is 15.7. The molecule has 0 fully saturated rings. The number of nitrogens with one attached hydrogen (secondary N) is 2. The van der Waals surface area contributed by atoms with Gasteiger partial charge in [-0.2, -0.15) is 5.10 Å². The fourth-order valence-corrected chi connectivity index (χ4v) is 2.88. The normalized spacial score (nSPS) is 20.6. The van der Waals surface area contributed by atoms with Gasteiger partial charge in [-0.3, -0.25) is 9.80 Å². The average molecular weight is 318 g/mol. The minimum atomic E-state index is -0.113. The number of ether oxygens (including phenoxy) is 1. The molecule has 0 radical (unpaired) electrons. The first-order chi connectivity index (χ1) is 11.1. The van der Waals surface area contributed by atoms with Crippen molar-refractivity contribution in [2.45, 2.75) is 18.5 Å². The maximum absolute atomic E-state index is 12.1. The smallest absolute Gasteiger partial charge is 0.253 e. The van der Waals surface area contributed by atoms with Crippen LogP contribution in [0.1, 0.15) is 27.5 Å². The van der Waals surface area contributed by atoms with Gasteiger partial charge in [-0.1, -0.05) is 0 Å². The van der Waals surface area contributed by atoms with Crippen LogP contribution in [0.15, 0.2) is 11.2 Å². The van der Waals surface area contributed by atoms with E-state index in [0.29, 0.717) is 25.3 Å². The summed E-state index contributed by atoms with van der Waals surface area (Å²) in [6, 6.07) is 1.80. The van der Waals surface area contributed by atoms with Crippen molar-refractivity contribution >= 4 is 17.9 Å². The minimum absolute atomic E-state index is 0.0204. The quantitative estimate of drug-likeness (QED) is 0.667. The van der Waals surface area contributed by atoms with E-state index in [4.69, 9.17) is 10.5 Å². The van der Waals surface area contributed by atoms with E-state index in [1.54, 1.807) is 7.11 Å². The highest BCUT2D eigenvalue weighted by atomic mass is 16.5. The molecule has 0 saturated carbocycles. The minimum Gasteiger partial charge on any atom is -0.383 e. The molecule has 1 aromatic heterocycles. The first-order valence-corrected chi connectivity index (χ1v) is 7.64. The van der Waals surface area contributed by atoms with Crippen LogP contribution in [0.25, 0.3) is 0 Å². The van der Waals surface area contributed by atoms with Crippen LogP contribution in [0.2, 0.25) is 0 Å². The number of fused-ring (bicyclic) bond motifs is 1. The number of anilines is 1. The number of hydrogen-bond acceptors (Lipinski definition) is 7. The number of hydrogen-bond donors (Lipinski definition) is 3. The molecule has 3 rings (SSSR count). The SMILES string of the molecule is COC[C@H](N)CNc1cc2c(c(C3C=NN(C)C3)n1)C(=O)NC2. The predicted molar refractivity (Wildman–Crippen MR) is 87.6 cm³/mol. The molecule has 1 unspecified atom stereocenters. The lowest BCUT2D eigenvalue weighted by molar-refractivity contribution is 0.0964. The Bertz CT molecular complexity index is 633. The number of hydrazone groups is 1. The molecule has 0 aliphatic carbocycles. The predicted octanol–water partition coefficient (Wildman–Crippen LogP) is -0.275. The van der Waals surface area contributed by atoms with Gasteiger partial charge in [-0.25, -0.2) is 4.98 Å². The Balaban J connectivity index is 1.85. The van der Waals surface area contributed by atoms with Crippen LogP contribution >= 0.6 is 0 Å². The Hall–Kier alpha value is -2.19. The monoisotopic (exact) mass is 318 g/mol. The number of likely N-dealkylation sites (N-methyl/N-ethyl adjacent to an activating group) is 1. The summed E-state index contributed by atoms with van der Waals surface area (Å²) in [6.45, 7) is 2.28. The Labute approximate surface area is 135 Å². The third-order valence-electron chi connectivity index (χ3n) is 3.98. The van der Waals surface area contributed by atoms with Crippen molar-refractivity contribution in [3.63, 3.8) is 0 Å². The van der Waals surface area contributed by atoms with Crippen LogP contribution in [-0.2, 0) is 11.3 Å². The standard InChI is InChI=1S/C15H22N6O2/c1-21-7-10(5-19-21)14-13-9(4-18-15(13)22)3-12(20-14)17-6-11(16)8-23-2/h3,5,10-11H,4,6-8,16H2,1-2H3,(H,17,20)(H,18,22)/t10?,11-/m1/s1. The second-order valence-corrected chi connectivity index (χ2v) is 5.92. The lowest BCUT2D eigenvalue weighted by Gasteiger charge is -2.16. The van der Waals surface area contributed by atoms with Crippen LogP contribution in [0.4, 0.5) is 5.82 Å². The number of nitrogens with two attached hydrogens (primary N) is 1. The molecule has 0 spiro atoms. The summed E-state index contributed by atoms with van der Waals surface area (Å²) in [4.78, 5) is 16.8. The summed E-state index contributed by atoms with van der Waals surface area (Å²) in [5.74, 6) is 0.685. The van der Waals surface area contributed by atoms with Crippen LogP contribution in [0.3, 0.4) is 0 Å². The van der Waals surface area contributed by atoms with E-state index in [9.17, 15) is 4.79 Å². The number of pyridine rings is 1. The van der Waals surface area contributed by atoms with Crippen molar-refractivity contribution in [1.82, 2.24) is 15.3 Å². The summed E-state index contributed by atoms with van der Waals surface area (Å²) in [6.07, 6.45) is 1.84. The molecule has 0 aromatic carbocycles. The van der Waals surface area contributed by atoms with E-state index in [-0.39, 0.29) is 17.9 Å². The van der Waals surface area contributed by atoms with Crippen molar-refractivity contribution in [3.8, 4) is 0 Å². The highest BCUT2D eigenvalue weighted by Crippen LogP contribution is 2.29. The van der Waals surface area contributed by atoms with Gasteiger partial charge in [0.2, 0.25) is 0 Å². The fourth-order valence-electron chi connectivity index (χ4n) is 2.88. The van der Waals surface area contributed by atoms with E-state index in [2.05, 4.69) is 20.7 Å². The molecule has 2 aliphatic rings. The number of aromatic nitrogens is 1. The molecule has 0 bridgehead atoms. The molecular formula is C15H22N6O2. The number of amides is 1. The van der Waals surface area contributed by atoms with E-state index < -0.39 is 0 Å². The Morgan fingerprint density at radius 3 is 3.13 bits per heavy atom. The van der Waals surface area contributed by atoms with Gasteiger partial charge in [0.1, 0.15) is 5.82 Å². The Morgan fingerprint density at radius 1 is 1.61 bits per heavy atom. The number of carbonyl (C=O) groups is 1. The molecule has 8 nitrogen and oxygen atoms in total. The second-order valence-electron chi connectivity index (χ2n) is 5.92. The second kappa shape index (κ2) is 6.51. The molecule has 1 aromatic rings. The number of carbonyl (C=O) groups excluding carboxylic acids is 1. The highest BCUT2D eigenvalue weighted by Gasteiger charge is 2.30. The Morgan fingerprint density at radius 2 is 2.43 bits per heavy atom. The van der Waals surface area contributed by atoms with Crippen molar-refractivity contribution in [2.24, 2.45) is 10.8 Å². The molecule has 23 heavy (non-hydrogen) atoms. The summed E-state index contributed by atoms with van der Waals surface area (Å²) < 4.78 is 5.03. The van der Waals surface area contributed by atoms with Crippen LogP contribution < -0.4 is 16.4 Å². The van der Waals surface area contributed by atoms with Gasteiger partial charge in [0.05, 0.1) is 23.8 Å². The average Bonchev–Trinajstić information content (AvgIpc) is 3.11. The number of methoxy groups -OCH3 is 1. The van der Waals surface area contributed by atoms with E-state index >= 15 is 0 Å². The van der Waals surface area contributed by atoms with Crippen molar-refractivity contribution in [2.75, 3.05) is 39.2 Å².